The van der Waals surface area contributed by atoms with Crippen LogP contribution in [-0.4, -0.2) is 40.4 Å². The van der Waals surface area contributed by atoms with Crippen molar-refractivity contribution >= 4 is 6.09 Å². The van der Waals surface area contributed by atoms with Crippen LogP contribution in [0.3, 0.4) is 0 Å². The van der Waals surface area contributed by atoms with Gasteiger partial charge in [0.1, 0.15) is 5.60 Å². The number of ether oxygens (including phenoxy) is 1. The highest BCUT2D eigenvalue weighted by atomic mass is 16.6. The molecule has 0 aliphatic carbocycles. The molecule has 2 atom stereocenters. The summed E-state index contributed by atoms with van der Waals surface area (Å²) in [5, 5.41) is 9.95. The quantitative estimate of drug-likeness (QED) is 0.811. The average Bonchev–Trinajstić information content (AvgIpc) is 2.25. The summed E-state index contributed by atoms with van der Waals surface area (Å²) in [6.45, 7) is 8.21. The summed E-state index contributed by atoms with van der Waals surface area (Å²) in [5.74, 6) is 0. The molecule has 1 aliphatic heterocycles. The topological polar surface area (TPSA) is 49.8 Å². The molecule has 1 aliphatic rings. The second kappa shape index (κ2) is 5.71. The summed E-state index contributed by atoms with van der Waals surface area (Å²) in [7, 11) is 0. The van der Waals surface area contributed by atoms with Crippen molar-refractivity contribution in [1.29, 1.82) is 0 Å². The Balaban J connectivity index is 2.67. The summed E-state index contributed by atoms with van der Waals surface area (Å²) in [6, 6.07) is -0.0800. The SMILES string of the molecule is CC[C@@H](O)[C@@H]1CCCCN1C(=O)OC(C)(C)C. The maximum absolute atomic E-state index is 12.0. The number of rotatable bonds is 2. The minimum atomic E-state index is -0.476. The molecule has 100 valence electrons. The first-order valence-electron chi connectivity index (χ1n) is 6.53. The molecule has 0 spiro atoms. The Labute approximate surface area is 104 Å². The van der Waals surface area contributed by atoms with E-state index in [1.807, 2.05) is 27.7 Å². The van der Waals surface area contributed by atoms with Crippen molar-refractivity contribution in [3.63, 3.8) is 0 Å². The maximum atomic E-state index is 12.0. The first-order valence-corrected chi connectivity index (χ1v) is 6.53. The predicted octanol–water partition coefficient (Wildman–Crippen LogP) is 2.55. The van der Waals surface area contributed by atoms with Crippen molar-refractivity contribution in [2.45, 2.75) is 71.1 Å². The van der Waals surface area contributed by atoms with Gasteiger partial charge in [-0.15, -0.1) is 0 Å². The normalized spacial score (nSPS) is 23.4. The lowest BCUT2D eigenvalue weighted by Crippen LogP contribution is -2.51. The van der Waals surface area contributed by atoms with Gasteiger partial charge in [-0.3, -0.25) is 0 Å². The smallest absolute Gasteiger partial charge is 0.410 e. The monoisotopic (exact) mass is 243 g/mol. The van der Waals surface area contributed by atoms with Gasteiger partial charge in [0.2, 0.25) is 0 Å². The molecule has 0 aromatic heterocycles. The third kappa shape index (κ3) is 4.19. The third-order valence-corrected chi connectivity index (χ3v) is 3.04. The Morgan fingerprint density at radius 3 is 2.65 bits per heavy atom. The van der Waals surface area contributed by atoms with Crippen molar-refractivity contribution in [2.24, 2.45) is 0 Å². The maximum Gasteiger partial charge on any atom is 0.410 e. The number of aliphatic hydroxyl groups is 1. The van der Waals surface area contributed by atoms with Gasteiger partial charge >= 0.3 is 6.09 Å². The second-order valence-corrected chi connectivity index (χ2v) is 5.71. The van der Waals surface area contributed by atoms with Gasteiger partial charge in [-0.25, -0.2) is 4.79 Å². The first kappa shape index (κ1) is 14.3. The Kier molecular flexibility index (Phi) is 4.80. The van der Waals surface area contributed by atoms with Crippen molar-refractivity contribution < 1.29 is 14.6 Å². The molecule has 0 aromatic carbocycles. The molecule has 0 radical (unpaired) electrons. The second-order valence-electron chi connectivity index (χ2n) is 5.71. The molecule has 4 nitrogen and oxygen atoms in total. The van der Waals surface area contributed by atoms with Crippen LogP contribution in [0.2, 0.25) is 0 Å². The van der Waals surface area contributed by atoms with E-state index in [4.69, 9.17) is 4.74 Å². The van der Waals surface area contributed by atoms with Gasteiger partial charge < -0.3 is 14.7 Å². The number of piperidine rings is 1. The first-order chi connectivity index (χ1) is 7.85. The molecule has 1 heterocycles. The van der Waals surface area contributed by atoms with Gasteiger partial charge in [-0.2, -0.15) is 0 Å². The molecule has 1 saturated heterocycles. The molecular weight excluding hydrogens is 218 g/mol. The Morgan fingerprint density at radius 1 is 1.47 bits per heavy atom. The number of carbonyl (C=O) groups is 1. The number of nitrogens with zero attached hydrogens (tertiary/aromatic N) is 1. The summed E-state index contributed by atoms with van der Waals surface area (Å²) in [4.78, 5) is 13.7. The lowest BCUT2D eigenvalue weighted by Gasteiger charge is -2.38. The molecule has 1 amide bonds. The molecule has 1 rings (SSSR count). The van der Waals surface area contributed by atoms with E-state index in [0.717, 1.165) is 19.3 Å². The minimum absolute atomic E-state index is 0.0800. The number of hydrogen-bond acceptors (Lipinski definition) is 3. The largest absolute Gasteiger partial charge is 0.444 e. The molecule has 17 heavy (non-hydrogen) atoms. The van der Waals surface area contributed by atoms with Gasteiger partial charge in [-0.05, 0) is 46.5 Å². The molecule has 0 saturated carbocycles. The Morgan fingerprint density at radius 2 is 2.12 bits per heavy atom. The van der Waals surface area contributed by atoms with Gasteiger partial charge in [0, 0.05) is 6.54 Å². The van der Waals surface area contributed by atoms with E-state index in [2.05, 4.69) is 0 Å². The van der Waals surface area contributed by atoms with Crippen LogP contribution in [0.15, 0.2) is 0 Å². The summed E-state index contributed by atoms with van der Waals surface area (Å²) < 4.78 is 5.38. The average molecular weight is 243 g/mol. The van der Waals surface area contributed by atoms with Gasteiger partial charge in [0.05, 0.1) is 12.1 Å². The fourth-order valence-electron chi connectivity index (χ4n) is 2.18. The van der Waals surface area contributed by atoms with E-state index >= 15 is 0 Å². The predicted molar refractivity (Wildman–Crippen MR) is 66.9 cm³/mol. The summed E-state index contributed by atoms with van der Waals surface area (Å²) in [5.41, 5.74) is -0.476. The van der Waals surface area contributed by atoms with Crippen molar-refractivity contribution in [2.75, 3.05) is 6.54 Å². The molecule has 0 bridgehead atoms. The zero-order valence-corrected chi connectivity index (χ0v) is 11.4. The fourth-order valence-corrected chi connectivity index (χ4v) is 2.18. The highest BCUT2D eigenvalue weighted by molar-refractivity contribution is 5.68. The minimum Gasteiger partial charge on any atom is -0.444 e. The van der Waals surface area contributed by atoms with Gasteiger partial charge in [0.15, 0.2) is 0 Å². The zero-order valence-electron chi connectivity index (χ0n) is 11.4. The third-order valence-electron chi connectivity index (χ3n) is 3.04. The van der Waals surface area contributed by atoms with Crippen molar-refractivity contribution in [3.05, 3.63) is 0 Å². The van der Waals surface area contributed by atoms with Crippen LogP contribution >= 0.6 is 0 Å². The highest BCUT2D eigenvalue weighted by Crippen LogP contribution is 2.23. The van der Waals surface area contributed by atoms with Crippen LogP contribution in [0.25, 0.3) is 0 Å². The number of aliphatic hydroxyl groups excluding tert-OH is 1. The molecule has 1 fully saturated rings. The van der Waals surface area contributed by atoms with Crippen molar-refractivity contribution in [1.82, 2.24) is 4.90 Å². The molecule has 0 aromatic rings. The van der Waals surface area contributed by atoms with E-state index in [9.17, 15) is 9.90 Å². The number of likely N-dealkylation sites (tertiary alicyclic amines) is 1. The number of amides is 1. The lowest BCUT2D eigenvalue weighted by molar-refractivity contribution is -0.0169. The summed E-state index contributed by atoms with van der Waals surface area (Å²) >= 11 is 0. The van der Waals surface area contributed by atoms with Crippen LogP contribution in [0, 0.1) is 0 Å². The van der Waals surface area contributed by atoms with Crippen LogP contribution in [-0.2, 0) is 4.74 Å². The van der Waals surface area contributed by atoms with E-state index in [1.54, 1.807) is 4.90 Å². The molecule has 1 N–H and O–H groups in total. The van der Waals surface area contributed by atoms with E-state index in [1.165, 1.54) is 0 Å². The van der Waals surface area contributed by atoms with Crippen LogP contribution < -0.4 is 0 Å². The molecular formula is C13H25NO3. The number of hydrogen-bond donors (Lipinski definition) is 1. The van der Waals surface area contributed by atoms with Crippen molar-refractivity contribution in [3.8, 4) is 0 Å². The zero-order chi connectivity index (χ0) is 13.1. The Bertz CT molecular complexity index is 260. The summed E-state index contributed by atoms with van der Waals surface area (Å²) in [6.07, 6.45) is 2.86. The molecule has 4 heteroatoms. The van der Waals surface area contributed by atoms with Crippen LogP contribution in [0.1, 0.15) is 53.4 Å². The van der Waals surface area contributed by atoms with E-state index in [0.29, 0.717) is 13.0 Å². The number of carbonyl (C=O) groups excluding carboxylic acids is 1. The highest BCUT2D eigenvalue weighted by Gasteiger charge is 2.33. The lowest BCUT2D eigenvalue weighted by atomic mass is 9.96. The van der Waals surface area contributed by atoms with Crippen LogP contribution in [0.5, 0.6) is 0 Å². The fraction of sp³-hybridized carbons (Fsp3) is 0.923. The van der Waals surface area contributed by atoms with Crippen LogP contribution in [0.4, 0.5) is 4.79 Å². The molecule has 0 unspecified atom stereocenters. The van der Waals surface area contributed by atoms with Gasteiger partial charge in [0.25, 0.3) is 0 Å². The van der Waals surface area contributed by atoms with E-state index in [-0.39, 0.29) is 12.1 Å². The Hall–Kier alpha value is -0.770. The van der Waals surface area contributed by atoms with E-state index < -0.39 is 11.7 Å². The van der Waals surface area contributed by atoms with Gasteiger partial charge in [-0.1, -0.05) is 6.92 Å². The standard InChI is InChI=1S/C13H25NO3/c1-5-11(15)10-8-6-7-9-14(10)12(16)17-13(2,3)4/h10-11,15H,5-9H2,1-4H3/t10-,11+/m0/s1.